The van der Waals surface area contributed by atoms with Crippen LogP contribution >= 0.6 is 0 Å². The lowest BCUT2D eigenvalue weighted by Gasteiger charge is -2.08. The molecule has 0 bridgehead atoms. The normalized spacial score (nSPS) is 11.1. The van der Waals surface area contributed by atoms with Crippen molar-refractivity contribution in [1.29, 1.82) is 0 Å². The van der Waals surface area contributed by atoms with Crippen LogP contribution in [0.3, 0.4) is 0 Å². The average Bonchev–Trinajstić information content (AvgIpc) is 2.55. The molecule has 0 atom stereocenters. The average molecular weight is 259 g/mol. The Morgan fingerprint density at radius 1 is 0.889 bits per heavy atom. The summed E-state index contributed by atoms with van der Waals surface area (Å²) in [6.45, 7) is 4.87. The number of aromatic nitrogens is 3. The minimum absolute atomic E-state index is 0.398. The van der Waals surface area contributed by atoms with Crippen molar-refractivity contribution in [2.75, 3.05) is 0 Å². The van der Waals surface area contributed by atoms with Crippen LogP contribution in [0.25, 0.3) is 5.69 Å². The van der Waals surface area contributed by atoms with Crippen LogP contribution in [0.4, 0.5) is 17.6 Å². The van der Waals surface area contributed by atoms with E-state index in [9.17, 15) is 17.6 Å². The molecule has 96 valence electrons. The first-order chi connectivity index (χ1) is 8.34. The Bertz CT molecular complexity index is 608. The van der Waals surface area contributed by atoms with Gasteiger partial charge in [-0.1, -0.05) is 0 Å². The molecule has 0 unspecified atom stereocenters. The quantitative estimate of drug-likeness (QED) is 0.582. The van der Waals surface area contributed by atoms with Crippen LogP contribution in [0.1, 0.15) is 17.0 Å². The van der Waals surface area contributed by atoms with E-state index in [1.807, 2.05) is 0 Å². The van der Waals surface area contributed by atoms with Gasteiger partial charge in [-0.25, -0.2) is 4.68 Å². The third-order valence-electron chi connectivity index (χ3n) is 2.84. The summed E-state index contributed by atoms with van der Waals surface area (Å²) in [7, 11) is 0. The summed E-state index contributed by atoms with van der Waals surface area (Å²) in [4.78, 5) is 2.49. The number of aryl methyl sites for hydroxylation is 1. The maximum Gasteiger partial charge on any atom is 0.254 e. The number of hydrogen-bond donors (Lipinski definition) is 0. The van der Waals surface area contributed by atoms with Gasteiger partial charge < -0.3 is 0 Å². The summed E-state index contributed by atoms with van der Waals surface area (Å²) in [6.07, 6.45) is 0. The fourth-order valence-corrected chi connectivity index (χ4v) is 1.60. The Balaban J connectivity index is 2.82. The van der Waals surface area contributed by atoms with Crippen molar-refractivity contribution >= 4 is 0 Å². The topological polar surface area (TPSA) is 30.7 Å². The second-order valence-electron chi connectivity index (χ2n) is 3.88. The first-order valence-corrected chi connectivity index (χ1v) is 5.07. The van der Waals surface area contributed by atoms with Gasteiger partial charge in [-0.3, -0.25) is 0 Å². The van der Waals surface area contributed by atoms with Crippen LogP contribution < -0.4 is 0 Å². The Kier molecular flexibility index (Phi) is 2.84. The van der Waals surface area contributed by atoms with Crippen LogP contribution in [0.2, 0.25) is 0 Å². The van der Waals surface area contributed by atoms with E-state index in [4.69, 9.17) is 0 Å². The van der Waals surface area contributed by atoms with Crippen molar-refractivity contribution in [3.05, 3.63) is 40.5 Å². The van der Waals surface area contributed by atoms with Crippen molar-refractivity contribution in [3.8, 4) is 5.69 Å². The third-order valence-corrected chi connectivity index (χ3v) is 2.84. The van der Waals surface area contributed by atoms with Gasteiger partial charge in [0, 0.05) is 5.69 Å². The van der Waals surface area contributed by atoms with E-state index in [2.05, 4.69) is 10.1 Å². The van der Waals surface area contributed by atoms with Gasteiger partial charge in [-0.05, 0) is 26.3 Å². The molecule has 0 N–H and O–H groups in total. The highest BCUT2D eigenvalue weighted by atomic mass is 19.2. The smallest absolute Gasteiger partial charge is 0.231 e. The molecule has 0 fully saturated rings. The van der Waals surface area contributed by atoms with Crippen LogP contribution in [-0.2, 0) is 0 Å². The zero-order chi connectivity index (χ0) is 13.6. The van der Waals surface area contributed by atoms with Crippen LogP contribution in [0.5, 0.6) is 0 Å². The molecular weight excluding hydrogens is 250 g/mol. The molecule has 18 heavy (non-hydrogen) atoms. The van der Waals surface area contributed by atoms with Gasteiger partial charge in [0.2, 0.25) is 11.6 Å². The highest BCUT2D eigenvalue weighted by molar-refractivity contribution is 5.38. The molecule has 0 radical (unpaired) electrons. The number of rotatable bonds is 1. The lowest BCUT2D eigenvalue weighted by atomic mass is 10.2. The molecule has 0 spiro atoms. The van der Waals surface area contributed by atoms with E-state index in [0.717, 1.165) is 4.68 Å². The molecule has 2 aromatic heterocycles. The SMILES string of the molecule is Cc1nn(-c2c(F)c(F)nc(F)c2F)c(C)c1C. The molecule has 0 saturated heterocycles. The number of nitrogens with zero attached hydrogens (tertiary/aromatic N) is 3. The summed E-state index contributed by atoms with van der Waals surface area (Å²) in [5.74, 6) is -6.54. The highest BCUT2D eigenvalue weighted by Crippen LogP contribution is 2.24. The zero-order valence-electron chi connectivity index (χ0n) is 9.85. The molecule has 7 heteroatoms. The van der Waals surface area contributed by atoms with Gasteiger partial charge in [0.05, 0.1) is 5.69 Å². The van der Waals surface area contributed by atoms with E-state index in [0.29, 0.717) is 17.0 Å². The van der Waals surface area contributed by atoms with Gasteiger partial charge in [0.15, 0.2) is 0 Å². The maximum absolute atomic E-state index is 13.5. The molecule has 0 aliphatic rings. The molecule has 0 saturated carbocycles. The van der Waals surface area contributed by atoms with E-state index >= 15 is 0 Å². The summed E-state index contributed by atoms with van der Waals surface area (Å²) in [5, 5.41) is 3.86. The summed E-state index contributed by atoms with van der Waals surface area (Å²) in [5.41, 5.74) is 0.708. The minimum atomic E-state index is -1.70. The van der Waals surface area contributed by atoms with Gasteiger partial charge >= 0.3 is 0 Å². The molecule has 0 aliphatic carbocycles. The Morgan fingerprint density at radius 3 is 1.78 bits per heavy atom. The monoisotopic (exact) mass is 259 g/mol. The zero-order valence-corrected chi connectivity index (χ0v) is 9.85. The Labute approximate surface area is 100 Å². The summed E-state index contributed by atoms with van der Waals surface area (Å²) in [6, 6.07) is 0. The molecule has 2 rings (SSSR count). The molecule has 3 nitrogen and oxygen atoms in total. The van der Waals surface area contributed by atoms with E-state index in [-0.39, 0.29) is 0 Å². The van der Waals surface area contributed by atoms with Crippen molar-refractivity contribution in [1.82, 2.24) is 14.8 Å². The van der Waals surface area contributed by atoms with Crippen molar-refractivity contribution < 1.29 is 17.6 Å². The van der Waals surface area contributed by atoms with Crippen molar-refractivity contribution in [2.45, 2.75) is 20.8 Å². The van der Waals surface area contributed by atoms with E-state index in [1.54, 1.807) is 20.8 Å². The molecule has 2 heterocycles. The van der Waals surface area contributed by atoms with Crippen molar-refractivity contribution in [2.24, 2.45) is 0 Å². The van der Waals surface area contributed by atoms with Crippen LogP contribution in [-0.4, -0.2) is 14.8 Å². The number of hydrogen-bond acceptors (Lipinski definition) is 2. The predicted octanol–water partition coefficient (Wildman–Crippen LogP) is 2.75. The molecule has 0 amide bonds. The third kappa shape index (κ3) is 1.66. The molecular formula is C11H9F4N3. The molecule has 2 aromatic rings. The first-order valence-electron chi connectivity index (χ1n) is 5.07. The predicted molar refractivity (Wildman–Crippen MR) is 55.4 cm³/mol. The highest BCUT2D eigenvalue weighted by Gasteiger charge is 2.24. The maximum atomic E-state index is 13.5. The van der Waals surface area contributed by atoms with Gasteiger partial charge in [-0.2, -0.15) is 27.6 Å². The fourth-order valence-electron chi connectivity index (χ4n) is 1.60. The molecule has 0 aromatic carbocycles. The van der Waals surface area contributed by atoms with E-state index in [1.165, 1.54) is 0 Å². The van der Waals surface area contributed by atoms with Crippen molar-refractivity contribution in [3.63, 3.8) is 0 Å². The number of halogens is 4. The lowest BCUT2D eigenvalue weighted by molar-refractivity contribution is 0.399. The molecule has 0 aliphatic heterocycles. The van der Waals surface area contributed by atoms with E-state index < -0.39 is 29.2 Å². The second-order valence-corrected chi connectivity index (χ2v) is 3.88. The lowest BCUT2D eigenvalue weighted by Crippen LogP contribution is -2.11. The van der Waals surface area contributed by atoms with Crippen LogP contribution in [0, 0.1) is 44.3 Å². The Morgan fingerprint density at radius 2 is 1.39 bits per heavy atom. The van der Waals surface area contributed by atoms with Gasteiger partial charge in [0.1, 0.15) is 5.69 Å². The largest absolute Gasteiger partial charge is 0.254 e. The van der Waals surface area contributed by atoms with Gasteiger partial charge in [0.25, 0.3) is 11.9 Å². The fraction of sp³-hybridized carbons (Fsp3) is 0.273. The minimum Gasteiger partial charge on any atom is -0.231 e. The standard InChI is InChI=1S/C11H9F4N3/c1-4-5(2)17-18(6(4)3)9-7(12)10(14)16-11(15)8(9)13/h1-3H3. The first kappa shape index (κ1) is 12.5. The number of pyridine rings is 1. The Hall–Kier alpha value is -1.92. The second kappa shape index (κ2) is 4.08. The van der Waals surface area contributed by atoms with Gasteiger partial charge in [-0.15, -0.1) is 0 Å². The van der Waals surface area contributed by atoms with Crippen LogP contribution in [0.15, 0.2) is 0 Å². The summed E-state index contributed by atoms with van der Waals surface area (Å²) >= 11 is 0. The summed E-state index contributed by atoms with van der Waals surface area (Å²) < 4.78 is 53.9.